The van der Waals surface area contributed by atoms with Gasteiger partial charge >= 0.3 is 6.18 Å². The fourth-order valence-corrected chi connectivity index (χ4v) is 5.13. The number of carbonyl (C=O) groups is 1. The topological polar surface area (TPSA) is 77.6 Å². The zero-order chi connectivity index (χ0) is 28.0. The van der Waals surface area contributed by atoms with Crippen LogP contribution in [-0.2, 0) is 17.2 Å². The number of nitrogens with zero attached hydrogens (tertiary/aromatic N) is 3. The summed E-state index contributed by atoms with van der Waals surface area (Å²) in [6.07, 6.45) is -0.613. The molecule has 208 valence electrons. The van der Waals surface area contributed by atoms with Gasteiger partial charge in [-0.05, 0) is 50.1 Å². The summed E-state index contributed by atoms with van der Waals surface area (Å²) >= 11 is 6.76. The van der Waals surface area contributed by atoms with E-state index in [0.717, 1.165) is 62.4 Å². The third-order valence-corrected chi connectivity index (χ3v) is 8.18. The Morgan fingerprint density at radius 3 is 2.32 bits per heavy atom. The van der Waals surface area contributed by atoms with Gasteiger partial charge in [0.25, 0.3) is 5.91 Å². The predicted molar refractivity (Wildman–Crippen MR) is 148 cm³/mol. The number of nitrogens with one attached hydrogen (secondary N) is 2. The second-order valence-electron chi connectivity index (χ2n) is 9.12. The van der Waals surface area contributed by atoms with Gasteiger partial charge in [0.2, 0.25) is 0 Å². The van der Waals surface area contributed by atoms with Gasteiger partial charge in [-0.1, -0.05) is 24.1 Å². The highest BCUT2D eigenvalue weighted by Gasteiger charge is 2.30. The highest BCUT2D eigenvalue weighted by molar-refractivity contribution is 7.81. The number of hydrogen-bond acceptors (Lipinski definition) is 5. The van der Waals surface area contributed by atoms with Gasteiger partial charge in [0.1, 0.15) is 5.82 Å². The fourth-order valence-electron chi connectivity index (χ4n) is 4.09. The molecule has 1 aliphatic rings. The number of rotatable bonds is 9. The number of aromatic nitrogens is 1. The molecule has 0 bridgehead atoms. The lowest BCUT2D eigenvalue weighted by molar-refractivity contribution is -0.137. The molecule has 1 atom stereocenters. The van der Waals surface area contributed by atoms with Crippen LogP contribution in [0.25, 0.3) is 5.57 Å². The number of anilines is 2. The maximum atomic E-state index is 13.0. The third-order valence-electron chi connectivity index (χ3n) is 6.69. The summed E-state index contributed by atoms with van der Waals surface area (Å²) in [7, 11) is -0.960. The highest BCUT2D eigenvalue weighted by atomic mass is 35.5. The Kier molecular flexibility index (Phi) is 10.3. The summed E-state index contributed by atoms with van der Waals surface area (Å²) in [6, 6.07) is 4.21. The third kappa shape index (κ3) is 7.56. The molecule has 0 saturated carbocycles. The molecule has 38 heavy (non-hydrogen) atoms. The van der Waals surface area contributed by atoms with Crippen LogP contribution in [0.5, 0.6) is 0 Å². The molecule has 0 spiro atoms. The summed E-state index contributed by atoms with van der Waals surface area (Å²) in [4.78, 5) is 19.8. The molecule has 2 heterocycles. The van der Waals surface area contributed by atoms with Gasteiger partial charge in [0.05, 0.1) is 27.1 Å². The van der Waals surface area contributed by atoms with Crippen LogP contribution in [0.4, 0.5) is 24.7 Å². The number of piperazine rings is 1. The minimum atomic E-state index is -4.46. The standard InChI is InChI=1S/C26H33ClF3N5O2S/c1-5-17(2)18(3)22-23(27)21(25(36)33-20-8-6-19(7-9-20)26(28,29)30)16-32-24(22)31-10-11-34-12-14-35(15-13-34)38(4)37/h6-9,16H,5,10-15H2,1-4H3,(H,31,32)(H,33,36). The molecule has 7 nitrogen and oxygen atoms in total. The number of allylic oxidation sites excluding steroid dienone is 2. The van der Waals surface area contributed by atoms with E-state index >= 15 is 0 Å². The van der Waals surface area contributed by atoms with E-state index in [-0.39, 0.29) is 16.3 Å². The Hall–Kier alpha value is -2.47. The molecule has 12 heteroatoms. The normalized spacial score (nSPS) is 16.6. The molecule has 1 aromatic carbocycles. The van der Waals surface area contributed by atoms with Gasteiger partial charge in [-0.2, -0.15) is 13.2 Å². The Morgan fingerprint density at radius 2 is 1.76 bits per heavy atom. The molecule has 0 radical (unpaired) electrons. The summed E-state index contributed by atoms with van der Waals surface area (Å²) in [5, 5.41) is 6.17. The van der Waals surface area contributed by atoms with E-state index in [1.165, 1.54) is 18.3 Å². The van der Waals surface area contributed by atoms with Gasteiger partial charge in [-0.3, -0.25) is 9.69 Å². The second-order valence-corrected chi connectivity index (χ2v) is 10.9. The van der Waals surface area contributed by atoms with Crippen molar-refractivity contribution in [2.75, 3.05) is 56.2 Å². The zero-order valence-electron chi connectivity index (χ0n) is 21.9. The molecule has 1 fully saturated rings. The van der Waals surface area contributed by atoms with Crippen LogP contribution in [0.15, 0.2) is 36.0 Å². The van der Waals surface area contributed by atoms with Crippen molar-refractivity contribution in [3.05, 3.63) is 57.7 Å². The van der Waals surface area contributed by atoms with Crippen molar-refractivity contribution in [3.63, 3.8) is 0 Å². The average molecular weight is 572 g/mol. The molecular weight excluding hydrogens is 539 g/mol. The van der Waals surface area contributed by atoms with E-state index in [4.69, 9.17) is 11.6 Å². The molecule has 1 amide bonds. The average Bonchev–Trinajstić information content (AvgIpc) is 2.88. The van der Waals surface area contributed by atoms with Crippen LogP contribution >= 0.6 is 11.6 Å². The van der Waals surface area contributed by atoms with E-state index < -0.39 is 28.6 Å². The van der Waals surface area contributed by atoms with E-state index in [1.807, 2.05) is 25.1 Å². The number of hydrogen-bond donors (Lipinski definition) is 2. The first-order chi connectivity index (χ1) is 17.9. The maximum absolute atomic E-state index is 13.0. The molecule has 0 aliphatic carbocycles. The molecular formula is C26H33ClF3N5O2S. The minimum absolute atomic E-state index is 0.124. The Balaban J connectivity index is 1.77. The van der Waals surface area contributed by atoms with E-state index in [2.05, 4.69) is 20.5 Å². The van der Waals surface area contributed by atoms with Crippen molar-refractivity contribution in [1.29, 1.82) is 0 Å². The SMILES string of the molecule is CCC(C)=C(C)c1c(NCCN2CCN(S(C)=O)CC2)ncc(C(=O)Nc2ccc(C(F)(F)F)cc2)c1Cl. The lowest BCUT2D eigenvalue weighted by atomic mass is 9.99. The van der Waals surface area contributed by atoms with Gasteiger partial charge in [0, 0.05) is 63.0 Å². The van der Waals surface area contributed by atoms with Crippen LogP contribution in [0.2, 0.25) is 5.02 Å². The first kappa shape index (κ1) is 30.1. The van der Waals surface area contributed by atoms with Crippen LogP contribution < -0.4 is 10.6 Å². The van der Waals surface area contributed by atoms with Crippen LogP contribution in [0, 0.1) is 0 Å². The Labute approximate surface area is 229 Å². The first-order valence-electron chi connectivity index (χ1n) is 12.3. The van der Waals surface area contributed by atoms with Gasteiger partial charge < -0.3 is 10.6 Å². The first-order valence-corrected chi connectivity index (χ1v) is 14.2. The number of amides is 1. The summed E-state index contributed by atoms with van der Waals surface area (Å²) < 4.78 is 52.2. The quantitative estimate of drug-likeness (QED) is 0.414. The smallest absolute Gasteiger partial charge is 0.368 e. The molecule has 1 unspecified atom stereocenters. The second kappa shape index (κ2) is 13.1. The molecule has 1 aliphatic heterocycles. The molecule has 1 aromatic heterocycles. The molecule has 2 N–H and O–H groups in total. The van der Waals surface area contributed by atoms with Gasteiger partial charge in [-0.15, -0.1) is 0 Å². The van der Waals surface area contributed by atoms with Crippen molar-refractivity contribution < 1.29 is 22.2 Å². The fraction of sp³-hybridized carbons (Fsp3) is 0.462. The lowest BCUT2D eigenvalue weighted by Crippen LogP contribution is -2.47. The summed E-state index contributed by atoms with van der Waals surface area (Å²) in [6.45, 7) is 10.4. The highest BCUT2D eigenvalue weighted by Crippen LogP contribution is 2.35. The van der Waals surface area contributed by atoms with Crippen molar-refractivity contribution >= 4 is 45.6 Å². The molecule has 3 rings (SSSR count). The predicted octanol–water partition coefficient (Wildman–Crippen LogP) is 5.53. The van der Waals surface area contributed by atoms with Crippen molar-refractivity contribution in [2.45, 2.75) is 33.4 Å². The van der Waals surface area contributed by atoms with Crippen LogP contribution in [0.1, 0.15) is 48.7 Å². The van der Waals surface area contributed by atoms with Crippen LogP contribution in [-0.4, -0.2) is 69.8 Å². The molecule has 2 aromatic rings. The van der Waals surface area contributed by atoms with Crippen molar-refractivity contribution in [1.82, 2.24) is 14.2 Å². The number of pyridine rings is 1. The zero-order valence-corrected chi connectivity index (χ0v) is 23.5. The van der Waals surface area contributed by atoms with Crippen molar-refractivity contribution in [2.24, 2.45) is 0 Å². The maximum Gasteiger partial charge on any atom is 0.416 e. The van der Waals surface area contributed by atoms with E-state index in [1.54, 1.807) is 6.26 Å². The summed E-state index contributed by atoms with van der Waals surface area (Å²) in [5.41, 5.74) is 2.14. The number of halogens is 4. The number of carbonyl (C=O) groups excluding carboxylic acids is 1. The Bertz CT molecular complexity index is 1200. The number of benzene rings is 1. The molecule has 1 saturated heterocycles. The summed E-state index contributed by atoms with van der Waals surface area (Å²) in [5.74, 6) is -0.0112. The van der Waals surface area contributed by atoms with E-state index in [9.17, 15) is 22.2 Å². The monoisotopic (exact) mass is 571 g/mol. The van der Waals surface area contributed by atoms with Gasteiger partial charge in [0.15, 0.2) is 0 Å². The minimum Gasteiger partial charge on any atom is -0.368 e. The number of alkyl halides is 3. The van der Waals surface area contributed by atoms with Crippen LogP contribution in [0.3, 0.4) is 0 Å². The van der Waals surface area contributed by atoms with Crippen molar-refractivity contribution in [3.8, 4) is 0 Å². The Morgan fingerprint density at radius 1 is 1.13 bits per heavy atom. The van der Waals surface area contributed by atoms with E-state index in [0.29, 0.717) is 17.9 Å². The lowest BCUT2D eigenvalue weighted by Gasteiger charge is -2.33. The van der Waals surface area contributed by atoms with Gasteiger partial charge in [-0.25, -0.2) is 13.5 Å². The largest absolute Gasteiger partial charge is 0.416 e.